The summed E-state index contributed by atoms with van der Waals surface area (Å²) in [6.07, 6.45) is 8.41. The third-order valence-electron chi connectivity index (χ3n) is 4.73. The Morgan fingerprint density at radius 3 is 2.25 bits per heavy atom. The second-order valence-corrected chi connectivity index (χ2v) is 6.11. The summed E-state index contributed by atoms with van der Waals surface area (Å²) in [5, 5.41) is 3.55. The fourth-order valence-electron chi connectivity index (χ4n) is 3.42. The second kappa shape index (κ2) is 5.50. The van der Waals surface area contributed by atoms with Crippen molar-refractivity contribution < 1.29 is 0 Å². The molecule has 2 aliphatic rings. The van der Waals surface area contributed by atoms with Gasteiger partial charge in [0.15, 0.2) is 0 Å². The average molecular weight is 224 g/mol. The molecule has 94 valence electrons. The molecule has 1 saturated heterocycles. The molecule has 2 atom stereocenters. The van der Waals surface area contributed by atoms with Crippen LogP contribution in [0.15, 0.2) is 0 Å². The third kappa shape index (κ3) is 2.98. The van der Waals surface area contributed by atoms with Gasteiger partial charge in [-0.05, 0) is 65.0 Å². The van der Waals surface area contributed by atoms with Gasteiger partial charge in [-0.25, -0.2) is 0 Å². The zero-order valence-corrected chi connectivity index (χ0v) is 11.2. The van der Waals surface area contributed by atoms with Gasteiger partial charge < -0.3 is 10.2 Å². The molecule has 2 nitrogen and oxygen atoms in total. The molecule has 0 spiro atoms. The van der Waals surface area contributed by atoms with Crippen molar-refractivity contribution in [3.63, 3.8) is 0 Å². The van der Waals surface area contributed by atoms with E-state index in [2.05, 4.69) is 31.1 Å². The lowest BCUT2D eigenvalue weighted by atomic mass is 9.85. The van der Waals surface area contributed by atoms with Crippen molar-refractivity contribution in [3.8, 4) is 0 Å². The minimum atomic E-state index is 0.712. The van der Waals surface area contributed by atoms with Crippen LogP contribution in [0.2, 0.25) is 0 Å². The van der Waals surface area contributed by atoms with Gasteiger partial charge in [0, 0.05) is 18.1 Å². The van der Waals surface area contributed by atoms with Crippen LogP contribution in [0.25, 0.3) is 0 Å². The normalized spacial score (nSPS) is 41.2. The van der Waals surface area contributed by atoms with Gasteiger partial charge in [-0.2, -0.15) is 0 Å². The molecule has 2 rings (SSSR count). The van der Waals surface area contributed by atoms with E-state index in [1.165, 1.54) is 45.1 Å². The summed E-state index contributed by atoms with van der Waals surface area (Å²) in [6, 6.07) is 2.41. The monoisotopic (exact) mass is 224 g/mol. The molecule has 0 bridgehead atoms. The number of nitrogens with zero attached hydrogens (tertiary/aromatic N) is 1. The molecule has 2 heteroatoms. The van der Waals surface area contributed by atoms with E-state index in [0.717, 1.165) is 18.0 Å². The molecule has 16 heavy (non-hydrogen) atoms. The van der Waals surface area contributed by atoms with E-state index in [9.17, 15) is 0 Å². The molecule has 0 aromatic rings. The standard InChI is InChI=1S/C14H28N2/c1-11-4-6-13(7-5-11)16(3)14-8-9-15-12(2)10-14/h11-15H,4-10H2,1-3H3. The van der Waals surface area contributed by atoms with Crippen molar-refractivity contribution in [2.75, 3.05) is 13.6 Å². The van der Waals surface area contributed by atoms with Crippen LogP contribution in [-0.4, -0.2) is 36.6 Å². The molecule has 1 aliphatic heterocycles. The molecule has 2 unspecified atom stereocenters. The number of nitrogens with one attached hydrogen (secondary N) is 1. The Labute approximate surface area is 101 Å². The van der Waals surface area contributed by atoms with E-state index >= 15 is 0 Å². The van der Waals surface area contributed by atoms with Gasteiger partial charge >= 0.3 is 0 Å². The summed E-state index contributed by atoms with van der Waals surface area (Å²) >= 11 is 0. The van der Waals surface area contributed by atoms with Crippen molar-refractivity contribution in [2.45, 2.75) is 70.5 Å². The number of hydrogen-bond donors (Lipinski definition) is 1. The molecule has 0 aromatic heterocycles. The van der Waals surface area contributed by atoms with E-state index in [1.54, 1.807) is 0 Å². The Balaban J connectivity index is 1.84. The van der Waals surface area contributed by atoms with Gasteiger partial charge in [0.2, 0.25) is 0 Å². The van der Waals surface area contributed by atoms with Crippen LogP contribution in [-0.2, 0) is 0 Å². The van der Waals surface area contributed by atoms with E-state index < -0.39 is 0 Å². The predicted octanol–water partition coefficient (Wildman–Crippen LogP) is 2.64. The van der Waals surface area contributed by atoms with Crippen LogP contribution in [0, 0.1) is 5.92 Å². The summed E-state index contributed by atoms with van der Waals surface area (Å²) in [4.78, 5) is 2.70. The first-order chi connectivity index (χ1) is 7.66. The van der Waals surface area contributed by atoms with E-state index in [1.807, 2.05) is 0 Å². The van der Waals surface area contributed by atoms with Crippen LogP contribution in [0.1, 0.15) is 52.4 Å². The first kappa shape index (κ1) is 12.4. The minimum Gasteiger partial charge on any atom is -0.314 e. The SMILES string of the molecule is CC1CCC(N(C)C2CCNC(C)C2)CC1. The van der Waals surface area contributed by atoms with Crippen molar-refractivity contribution in [3.05, 3.63) is 0 Å². The number of piperidine rings is 1. The van der Waals surface area contributed by atoms with Crippen molar-refractivity contribution in [2.24, 2.45) is 5.92 Å². The quantitative estimate of drug-likeness (QED) is 0.776. The van der Waals surface area contributed by atoms with E-state index in [-0.39, 0.29) is 0 Å². The molecule has 1 saturated carbocycles. The smallest absolute Gasteiger partial charge is 0.0122 e. The highest BCUT2D eigenvalue weighted by atomic mass is 15.2. The summed E-state index contributed by atoms with van der Waals surface area (Å²) in [5.74, 6) is 0.969. The maximum Gasteiger partial charge on any atom is 0.0122 e. The van der Waals surface area contributed by atoms with E-state index in [0.29, 0.717) is 6.04 Å². The fraction of sp³-hybridized carbons (Fsp3) is 1.00. The molecule has 1 aliphatic carbocycles. The van der Waals surface area contributed by atoms with Gasteiger partial charge in [0.25, 0.3) is 0 Å². The molecule has 0 radical (unpaired) electrons. The van der Waals surface area contributed by atoms with Crippen LogP contribution < -0.4 is 5.32 Å². The first-order valence-electron chi connectivity index (χ1n) is 7.12. The van der Waals surface area contributed by atoms with Crippen molar-refractivity contribution in [1.29, 1.82) is 0 Å². The van der Waals surface area contributed by atoms with Crippen LogP contribution in [0.5, 0.6) is 0 Å². The Hall–Kier alpha value is -0.0800. The summed E-state index contributed by atoms with van der Waals surface area (Å²) < 4.78 is 0. The Morgan fingerprint density at radius 1 is 0.938 bits per heavy atom. The number of rotatable bonds is 2. The molecule has 0 amide bonds. The highest BCUT2D eigenvalue weighted by Crippen LogP contribution is 2.29. The van der Waals surface area contributed by atoms with Crippen molar-refractivity contribution >= 4 is 0 Å². The molecule has 1 heterocycles. The Bertz CT molecular complexity index is 209. The Morgan fingerprint density at radius 2 is 1.62 bits per heavy atom. The summed E-state index contributed by atoms with van der Waals surface area (Å²) in [5.41, 5.74) is 0. The largest absolute Gasteiger partial charge is 0.314 e. The molecule has 0 aromatic carbocycles. The maximum absolute atomic E-state index is 3.55. The lowest BCUT2D eigenvalue weighted by Crippen LogP contribution is -2.49. The van der Waals surface area contributed by atoms with Gasteiger partial charge in [0.05, 0.1) is 0 Å². The third-order valence-corrected chi connectivity index (χ3v) is 4.73. The van der Waals surface area contributed by atoms with Gasteiger partial charge in [-0.15, -0.1) is 0 Å². The predicted molar refractivity (Wildman–Crippen MR) is 69.7 cm³/mol. The van der Waals surface area contributed by atoms with E-state index in [4.69, 9.17) is 0 Å². The van der Waals surface area contributed by atoms with Crippen LogP contribution >= 0.6 is 0 Å². The maximum atomic E-state index is 3.55. The first-order valence-corrected chi connectivity index (χ1v) is 7.12. The topological polar surface area (TPSA) is 15.3 Å². The highest BCUT2D eigenvalue weighted by Gasteiger charge is 2.28. The summed E-state index contributed by atoms with van der Waals surface area (Å²) in [7, 11) is 2.36. The lowest BCUT2D eigenvalue weighted by Gasteiger charge is -2.41. The highest BCUT2D eigenvalue weighted by molar-refractivity contribution is 4.86. The van der Waals surface area contributed by atoms with Gasteiger partial charge in [0.1, 0.15) is 0 Å². The minimum absolute atomic E-state index is 0.712. The molecule has 2 fully saturated rings. The zero-order valence-electron chi connectivity index (χ0n) is 11.2. The zero-order chi connectivity index (χ0) is 11.5. The summed E-state index contributed by atoms with van der Waals surface area (Å²) in [6.45, 7) is 5.94. The molecule has 1 N–H and O–H groups in total. The van der Waals surface area contributed by atoms with Gasteiger partial charge in [-0.3, -0.25) is 0 Å². The molecular formula is C14H28N2. The van der Waals surface area contributed by atoms with Gasteiger partial charge in [-0.1, -0.05) is 6.92 Å². The Kier molecular flexibility index (Phi) is 4.26. The van der Waals surface area contributed by atoms with Crippen molar-refractivity contribution in [1.82, 2.24) is 10.2 Å². The van der Waals surface area contributed by atoms with Crippen LogP contribution in [0.4, 0.5) is 0 Å². The molecular weight excluding hydrogens is 196 g/mol. The second-order valence-electron chi connectivity index (χ2n) is 6.11. The fourth-order valence-corrected chi connectivity index (χ4v) is 3.42. The average Bonchev–Trinajstić information content (AvgIpc) is 2.29. The number of hydrogen-bond acceptors (Lipinski definition) is 2. The van der Waals surface area contributed by atoms with Crippen LogP contribution in [0.3, 0.4) is 0 Å². The lowest BCUT2D eigenvalue weighted by molar-refractivity contribution is 0.0951.